The van der Waals surface area contributed by atoms with E-state index in [2.05, 4.69) is 27.4 Å². The van der Waals surface area contributed by atoms with Gasteiger partial charge in [-0.2, -0.15) is 0 Å². The van der Waals surface area contributed by atoms with Gasteiger partial charge in [0.1, 0.15) is 5.82 Å². The Labute approximate surface area is 170 Å². The van der Waals surface area contributed by atoms with Crippen LogP contribution in [0.5, 0.6) is 0 Å². The number of nitrogens with one attached hydrogen (secondary N) is 2. The molecule has 1 amide bonds. The fraction of sp³-hybridized carbons (Fsp3) is 0.292. The van der Waals surface area contributed by atoms with E-state index in [4.69, 9.17) is 0 Å². The standard InChI is InChI=1S/C24H25N3O2/c1-16-20(24(29)27-23(25-16)19-10-6-3-7-11-19)14-15-21(28)26-22(18-12-13-18)17-8-4-2-5-9-17/h2-11,18,22H,12-15H2,1H3,(H,26,28)(H,25,27,29)/t22-/m0/s1. The topological polar surface area (TPSA) is 74.8 Å². The zero-order valence-electron chi connectivity index (χ0n) is 16.5. The van der Waals surface area contributed by atoms with Crippen LogP contribution in [0.25, 0.3) is 11.4 Å². The molecule has 0 radical (unpaired) electrons. The van der Waals surface area contributed by atoms with Crippen molar-refractivity contribution < 1.29 is 4.79 Å². The summed E-state index contributed by atoms with van der Waals surface area (Å²) < 4.78 is 0. The summed E-state index contributed by atoms with van der Waals surface area (Å²) in [7, 11) is 0. The highest BCUT2D eigenvalue weighted by Gasteiger charge is 2.33. The quantitative estimate of drug-likeness (QED) is 0.645. The molecule has 2 N–H and O–H groups in total. The van der Waals surface area contributed by atoms with E-state index < -0.39 is 0 Å². The number of aryl methyl sites for hydroxylation is 1. The number of aromatic amines is 1. The summed E-state index contributed by atoms with van der Waals surface area (Å²) >= 11 is 0. The van der Waals surface area contributed by atoms with Gasteiger partial charge in [0.25, 0.3) is 5.56 Å². The highest BCUT2D eigenvalue weighted by molar-refractivity contribution is 5.76. The summed E-state index contributed by atoms with van der Waals surface area (Å²) in [5, 5.41) is 3.17. The Morgan fingerprint density at radius 1 is 1.10 bits per heavy atom. The minimum absolute atomic E-state index is 0.0308. The molecule has 0 bridgehead atoms. The number of rotatable bonds is 7. The van der Waals surface area contributed by atoms with Crippen molar-refractivity contribution in [2.75, 3.05) is 0 Å². The number of benzene rings is 2. The lowest BCUT2D eigenvalue weighted by molar-refractivity contribution is -0.122. The number of hydrogen-bond donors (Lipinski definition) is 2. The molecule has 0 unspecified atom stereocenters. The van der Waals surface area contributed by atoms with Gasteiger partial charge in [-0.05, 0) is 37.7 Å². The van der Waals surface area contributed by atoms with E-state index in [1.807, 2.05) is 55.5 Å². The van der Waals surface area contributed by atoms with Crippen LogP contribution in [0.4, 0.5) is 0 Å². The maximum Gasteiger partial charge on any atom is 0.254 e. The van der Waals surface area contributed by atoms with Crippen molar-refractivity contribution in [3.8, 4) is 11.4 Å². The van der Waals surface area contributed by atoms with Crippen LogP contribution in [0, 0.1) is 12.8 Å². The predicted molar refractivity (Wildman–Crippen MR) is 113 cm³/mol. The first-order chi connectivity index (χ1) is 14.1. The summed E-state index contributed by atoms with van der Waals surface area (Å²) in [6, 6.07) is 19.7. The molecule has 0 aliphatic heterocycles. The molecule has 5 heteroatoms. The van der Waals surface area contributed by atoms with E-state index in [1.165, 1.54) is 0 Å². The normalized spacial score (nSPS) is 14.4. The third-order valence-corrected chi connectivity index (χ3v) is 5.44. The van der Waals surface area contributed by atoms with E-state index >= 15 is 0 Å². The SMILES string of the molecule is Cc1nc(-c2ccccc2)[nH]c(=O)c1CCC(=O)N[C@@H](c1ccccc1)C1CC1. The Bertz CT molecular complexity index is 1040. The molecule has 5 nitrogen and oxygen atoms in total. The molecule has 1 fully saturated rings. The Kier molecular flexibility index (Phi) is 5.56. The van der Waals surface area contributed by atoms with Crippen LogP contribution in [-0.2, 0) is 11.2 Å². The van der Waals surface area contributed by atoms with Gasteiger partial charge >= 0.3 is 0 Å². The summed E-state index contributed by atoms with van der Waals surface area (Å²) in [6.45, 7) is 1.83. The van der Waals surface area contributed by atoms with Crippen molar-refractivity contribution in [3.05, 3.63) is 87.8 Å². The average molecular weight is 387 g/mol. The van der Waals surface area contributed by atoms with Crippen molar-refractivity contribution in [2.45, 2.75) is 38.6 Å². The highest BCUT2D eigenvalue weighted by Crippen LogP contribution is 2.40. The second-order valence-electron chi connectivity index (χ2n) is 7.64. The third-order valence-electron chi connectivity index (χ3n) is 5.44. The number of amides is 1. The summed E-state index contributed by atoms with van der Waals surface area (Å²) in [4.78, 5) is 32.6. The number of nitrogens with zero attached hydrogens (tertiary/aromatic N) is 1. The van der Waals surface area contributed by atoms with Gasteiger partial charge in [-0.1, -0.05) is 60.7 Å². The molecular formula is C24H25N3O2. The average Bonchev–Trinajstić information content (AvgIpc) is 3.58. The van der Waals surface area contributed by atoms with Crippen LogP contribution in [-0.4, -0.2) is 15.9 Å². The molecule has 1 heterocycles. The molecule has 0 spiro atoms. The smallest absolute Gasteiger partial charge is 0.254 e. The van der Waals surface area contributed by atoms with E-state index in [0.29, 0.717) is 29.4 Å². The Morgan fingerprint density at radius 3 is 2.38 bits per heavy atom. The van der Waals surface area contributed by atoms with Crippen LogP contribution < -0.4 is 10.9 Å². The molecule has 4 rings (SSSR count). The number of H-pyrrole nitrogens is 1. The number of hydrogen-bond acceptors (Lipinski definition) is 3. The molecule has 0 saturated heterocycles. The Hall–Kier alpha value is -3.21. The van der Waals surface area contributed by atoms with Crippen molar-refractivity contribution in [2.24, 2.45) is 5.92 Å². The lowest BCUT2D eigenvalue weighted by atomic mass is 10.0. The molecule has 1 aliphatic carbocycles. The second-order valence-corrected chi connectivity index (χ2v) is 7.64. The van der Waals surface area contributed by atoms with Gasteiger partial charge in [0.2, 0.25) is 5.91 Å². The first-order valence-electron chi connectivity index (χ1n) is 10.1. The fourth-order valence-corrected chi connectivity index (χ4v) is 3.69. The highest BCUT2D eigenvalue weighted by atomic mass is 16.1. The molecule has 29 heavy (non-hydrogen) atoms. The number of carbonyl (C=O) groups is 1. The fourth-order valence-electron chi connectivity index (χ4n) is 3.69. The Balaban J connectivity index is 1.43. The lowest BCUT2D eigenvalue weighted by Crippen LogP contribution is -2.30. The minimum atomic E-state index is -0.175. The van der Waals surface area contributed by atoms with Gasteiger partial charge in [-0.3, -0.25) is 9.59 Å². The van der Waals surface area contributed by atoms with Crippen molar-refractivity contribution >= 4 is 5.91 Å². The van der Waals surface area contributed by atoms with Crippen LogP contribution in [0.3, 0.4) is 0 Å². The van der Waals surface area contributed by atoms with E-state index in [9.17, 15) is 9.59 Å². The third kappa shape index (κ3) is 4.62. The molecule has 1 aromatic heterocycles. The van der Waals surface area contributed by atoms with Gasteiger partial charge in [0, 0.05) is 23.2 Å². The van der Waals surface area contributed by atoms with Gasteiger partial charge in [-0.25, -0.2) is 4.98 Å². The van der Waals surface area contributed by atoms with Crippen LogP contribution in [0.1, 0.15) is 42.1 Å². The predicted octanol–water partition coefficient (Wildman–Crippen LogP) is 3.95. The Morgan fingerprint density at radius 2 is 1.76 bits per heavy atom. The molecule has 1 atom stereocenters. The van der Waals surface area contributed by atoms with Gasteiger partial charge in [0.15, 0.2) is 0 Å². The van der Waals surface area contributed by atoms with Crippen molar-refractivity contribution in [1.82, 2.24) is 15.3 Å². The largest absolute Gasteiger partial charge is 0.349 e. The van der Waals surface area contributed by atoms with Crippen molar-refractivity contribution in [1.29, 1.82) is 0 Å². The second kappa shape index (κ2) is 8.43. The summed E-state index contributed by atoms with van der Waals surface area (Å²) in [6.07, 6.45) is 2.93. The van der Waals surface area contributed by atoms with Crippen LogP contribution in [0.2, 0.25) is 0 Å². The zero-order chi connectivity index (χ0) is 20.2. The summed E-state index contributed by atoms with van der Waals surface area (Å²) in [5.41, 5.74) is 3.08. The van der Waals surface area contributed by atoms with E-state index in [-0.39, 0.29) is 23.9 Å². The van der Waals surface area contributed by atoms with E-state index in [1.54, 1.807) is 0 Å². The molecule has 3 aromatic rings. The van der Waals surface area contributed by atoms with Gasteiger partial charge in [-0.15, -0.1) is 0 Å². The van der Waals surface area contributed by atoms with Crippen molar-refractivity contribution in [3.63, 3.8) is 0 Å². The van der Waals surface area contributed by atoms with Gasteiger partial charge < -0.3 is 10.3 Å². The first kappa shape index (κ1) is 19.1. The van der Waals surface area contributed by atoms with Crippen LogP contribution >= 0.6 is 0 Å². The molecule has 1 saturated carbocycles. The molecule has 148 valence electrons. The first-order valence-corrected chi connectivity index (χ1v) is 10.1. The monoisotopic (exact) mass is 387 g/mol. The van der Waals surface area contributed by atoms with E-state index in [0.717, 1.165) is 24.0 Å². The van der Waals surface area contributed by atoms with Crippen LogP contribution in [0.15, 0.2) is 65.5 Å². The number of aromatic nitrogens is 2. The molecule has 2 aromatic carbocycles. The zero-order valence-corrected chi connectivity index (χ0v) is 16.5. The molecular weight excluding hydrogens is 362 g/mol. The number of carbonyl (C=O) groups excluding carboxylic acids is 1. The van der Waals surface area contributed by atoms with Gasteiger partial charge in [0.05, 0.1) is 6.04 Å². The maximum atomic E-state index is 12.6. The lowest BCUT2D eigenvalue weighted by Gasteiger charge is -2.19. The maximum absolute atomic E-state index is 12.6. The summed E-state index contributed by atoms with van der Waals surface area (Å²) in [5.74, 6) is 1.04. The minimum Gasteiger partial charge on any atom is -0.349 e. The molecule has 1 aliphatic rings.